The standard InChI is InChI=1S/C70H100O16Si9/c1-18-82-92(71,83-19-2)57-53-90(65-29-25-23-26-30-65,56-60-95(84-20-3,85-21-4)86-22-5)69-45-37-63(38-46-69)61-33-41-67(42-34-61)89(51-49-87(16,72-6)73-7,52-50-88(17,74-8)75-9)68-43-35-62(36-44-68)64-39-47-70(48-40-64)91(66-31-27-24-28-32-66,54-58-93(76-10,77-11)78-12)55-59-94(79-13,80-14)81-15/h23-60,71H,18-22H2,1-17H3/b51-49-,52-50-,57-53-,58-54?,59-55?,60-56-. The summed E-state index contributed by atoms with van der Waals surface area (Å²) in [4.78, 5) is 11.9. The van der Waals surface area contributed by atoms with Gasteiger partial charge in [0.05, 0.1) is 0 Å². The maximum absolute atomic E-state index is 11.9. The van der Waals surface area contributed by atoms with Crippen molar-refractivity contribution in [2.24, 2.45) is 0 Å². The fourth-order valence-electron chi connectivity index (χ4n) is 11.3. The molecule has 0 aliphatic heterocycles. The maximum Gasteiger partial charge on any atom is 0.528 e. The second-order valence-corrected chi connectivity index (χ2v) is 49.5. The number of hydrogen-bond acceptors (Lipinski definition) is 16. The molecule has 0 saturated heterocycles. The summed E-state index contributed by atoms with van der Waals surface area (Å²) in [6, 6.07) is 56.1. The van der Waals surface area contributed by atoms with E-state index in [9.17, 15) is 4.80 Å². The molecule has 1 unspecified atom stereocenters. The van der Waals surface area contributed by atoms with E-state index in [1.165, 1.54) is 0 Å². The zero-order valence-corrected chi connectivity index (χ0v) is 67.5. The van der Waals surface area contributed by atoms with Crippen LogP contribution in [0.1, 0.15) is 34.6 Å². The van der Waals surface area contributed by atoms with Crippen LogP contribution in [0.3, 0.4) is 0 Å². The number of hydrogen-bond donors (Lipinski definition) is 1. The molecule has 0 aliphatic rings. The van der Waals surface area contributed by atoms with E-state index in [-0.39, 0.29) is 13.2 Å². The average Bonchev–Trinajstić information content (AvgIpc) is 0.779. The Bertz CT molecular complexity index is 3340. The molecule has 0 bridgehead atoms. The van der Waals surface area contributed by atoms with Crippen LogP contribution in [0.15, 0.2) is 226 Å². The van der Waals surface area contributed by atoms with E-state index in [1.54, 1.807) is 76.8 Å². The van der Waals surface area contributed by atoms with Gasteiger partial charge in [-0.2, -0.15) is 0 Å². The molecule has 0 heterocycles. The number of rotatable bonds is 40. The molecule has 95 heavy (non-hydrogen) atoms. The molecule has 1 N–H and O–H groups in total. The van der Waals surface area contributed by atoms with Crippen molar-refractivity contribution in [2.45, 2.75) is 47.7 Å². The van der Waals surface area contributed by atoms with E-state index in [0.717, 1.165) is 53.4 Å². The lowest BCUT2D eigenvalue weighted by Gasteiger charge is -2.31. The van der Waals surface area contributed by atoms with Crippen LogP contribution < -0.4 is 31.1 Å². The van der Waals surface area contributed by atoms with E-state index < -0.39 is 76.6 Å². The van der Waals surface area contributed by atoms with Crippen molar-refractivity contribution < 1.29 is 71.2 Å². The molecular weight excluding hydrogens is 1350 g/mol. The van der Waals surface area contributed by atoms with Gasteiger partial charge in [0, 0.05) is 104 Å². The lowest BCUT2D eigenvalue weighted by atomic mass is 10.1. The fraction of sp³-hybridized carbons (Fsp3) is 0.314. The van der Waals surface area contributed by atoms with Gasteiger partial charge in [-0.15, -0.1) is 0 Å². The predicted octanol–water partition coefficient (Wildman–Crippen LogP) is 9.06. The van der Waals surface area contributed by atoms with Crippen molar-refractivity contribution in [1.29, 1.82) is 0 Å². The summed E-state index contributed by atoms with van der Waals surface area (Å²) in [5.41, 5.74) is 29.6. The molecule has 16 nitrogen and oxygen atoms in total. The summed E-state index contributed by atoms with van der Waals surface area (Å²) < 4.78 is 91.3. The highest BCUT2D eigenvalue weighted by Gasteiger charge is 2.45. The van der Waals surface area contributed by atoms with Crippen molar-refractivity contribution >= 4 is 108 Å². The molecule has 6 rings (SSSR count). The normalized spacial score (nSPS) is 14.8. The summed E-state index contributed by atoms with van der Waals surface area (Å²) in [5, 5.41) is 6.58. The largest absolute Gasteiger partial charge is 0.528 e. The quantitative estimate of drug-likeness (QED) is 0.0363. The van der Waals surface area contributed by atoms with Crippen LogP contribution in [-0.2, 0) is 66.4 Å². The second-order valence-electron chi connectivity index (χ2n) is 22.3. The Balaban J connectivity index is 1.54. The lowest BCUT2D eigenvalue weighted by molar-refractivity contribution is 0.0842. The summed E-state index contributed by atoms with van der Waals surface area (Å²) in [5.74, 6) is 0. The molecule has 0 saturated carbocycles. The van der Waals surface area contributed by atoms with E-state index >= 15 is 0 Å². The van der Waals surface area contributed by atoms with Crippen molar-refractivity contribution in [3.63, 3.8) is 0 Å². The van der Waals surface area contributed by atoms with Gasteiger partial charge >= 0.3 is 52.3 Å². The SMILES string of the molecule is CCO[Si](O)(/C=C\[Si](/C=C\[Si](OCC)(OCC)OCC)(c1ccccc1)c1ccc(-c2ccc([Si](/C=C\[Si](C)(OC)OC)(/C=C\[Si](C)(OC)OC)c3ccc(-c4ccc([Si](C=C[Si](OC)(OC)OC)(C=C[Si](OC)(OC)OC)c5ccccc5)cc4)cc3)cc2)cc1)OCC. The van der Waals surface area contributed by atoms with Gasteiger partial charge in [-0.25, -0.2) is 0 Å². The van der Waals surface area contributed by atoms with Crippen molar-refractivity contribution in [3.05, 3.63) is 226 Å². The molecule has 512 valence electrons. The Morgan fingerprint density at radius 1 is 0.253 bits per heavy atom. The second kappa shape index (κ2) is 36.8. The summed E-state index contributed by atoms with van der Waals surface area (Å²) in [6.07, 6.45) is 0. The molecular formula is C70H100O16Si9. The first-order chi connectivity index (χ1) is 45.7. The van der Waals surface area contributed by atoms with Crippen LogP contribution in [0.25, 0.3) is 22.3 Å². The Kier molecular flexibility index (Phi) is 30.6. The van der Waals surface area contributed by atoms with Gasteiger partial charge in [-0.1, -0.05) is 192 Å². The van der Waals surface area contributed by atoms with Gasteiger partial charge in [0.25, 0.3) is 0 Å². The fourth-order valence-corrected chi connectivity index (χ4v) is 36.8. The van der Waals surface area contributed by atoms with Crippen LogP contribution in [0.2, 0.25) is 13.1 Å². The minimum atomic E-state index is -3.76. The lowest BCUT2D eigenvalue weighted by Crippen LogP contribution is -2.57. The van der Waals surface area contributed by atoms with Crippen LogP contribution in [0.5, 0.6) is 0 Å². The third-order valence-corrected chi connectivity index (χ3v) is 45.1. The van der Waals surface area contributed by atoms with Gasteiger partial charge in [-0.3, -0.25) is 0 Å². The van der Waals surface area contributed by atoms with Gasteiger partial charge in [0.15, 0.2) is 24.2 Å². The van der Waals surface area contributed by atoms with Crippen LogP contribution in [0, 0.1) is 0 Å². The minimum absolute atomic E-state index is 0.289. The van der Waals surface area contributed by atoms with Crippen LogP contribution in [0.4, 0.5) is 0 Å². The first-order valence-corrected chi connectivity index (χ1v) is 50.4. The third-order valence-electron chi connectivity index (χ3n) is 17.2. The molecule has 6 aromatic carbocycles. The zero-order valence-electron chi connectivity index (χ0n) is 58.5. The van der Waals surface area contributed by atoms with Crippen molar-refractivity contribution in [2.75, 3.05) is 104 Å². The highest BCUT2D eigenvalue weighted by Crippen LogP contribution is 2.27. The molecule has 0 fully saturated rings. The predicted molar refractivity (Wildman–Crippen MR) is 403 cm³/mol. The van der Waals surface area contributed by atoms with E-state index in [4.69, 9.17) is 66.4 Å². The van der Waals surface area contributed by atoms with Crippen LogP contribution >= 0.6 is 0 Å². The van der Waals surface area contributed by atoms with Crippen LogP contribution in [-0.4, -0.2) is 185 Å². The Labute approximate surface area is 575 Å². The molecule has 25 heteroatoms. The highest BCUT2D eigenvalue weighted by atomic mass is 28.4. The first-order valence-electron chi connectivity index (χ1n) is 31.9. The Hall–Kier alpha value is -4.93. The van der Waals surface area contributed by atoms with Crippen molar-refractivity contribution in [1.82, 2.24) is 0 Å². The third kappa shape index (κ3) is 19.3. The zero-order chi connectivity index (χ0) is 69.3. The highest BCUT2D eigenvalue weighted by molar-refractivity contribution is 7.12. The molecule has 0 spiro atoms. The van der Waals surface area contributed by atoms with E-state index in [1.807, 2.05) is 89.1 Å². The molecule has 1 atom stereocenters. The van der Waals surface area contributed by atoms with Gasteiger partial charge in [0.1, 0.15) is 0 Å². The molecule has 0 amide bonds. The molecule has 0 aliphatic carbocycles. The van der Waals surface area contributed by atoms with Gasteiger partial charge in [0.2, 0.25) is 0 Å². The van der Waals surface area contributed by atoms with Gasteiger partial charge < -0.3 is 71.2 Å². The maximum atomic E-state index is 11.9. The minimum Gasteiger partial charge on any atom is -0.395 e. The monoisotopic (exact) mass is 1450 g/mol. The van der Waals surface area contributed by atoms with Gasteiger partial charge in [-0.05, 0) is 135 Å². The Morgan fingerprint density at radius 3 is 0.705 bits per heavy atom. The number of benzene rings is 6. The smallest absolute Gasteiger partial charge is 0.395 e. The summed E-state index contributed by atoms with van der Waals surface area (Å²) in [7, 11) is -12.0. The topological polar surface area (TPSA) is 159 Å². The molecule has 6 aromatic rings. The first kappa shape index (κ1) is 79.1. The summed E-state index contributed by atoms with van der Waals surface area (Å²) >= 11 is 0. The molecule has 0 aromatic heterocycles. The molecule has 0 radical (unpaired) electrons. The van der Waals surface area contributed by atoms with E-state index in [2.05, 4.69) is 179 Å². The average molecular weight is 1450 g/mol. The Morgan fingerprint density at radius 2 is 0.474 bits per heavy atom. The van der Waals surface area contributed by atoms with E-state index in [0.29, 0.717) is 19.8 Å². The summed E-state index contributed by atoms with van der Waals surface area (Å²) in [6.45, 7) is 15.5. The van der Waals surface area contributed by atoms with Crippen molar-refractivity contribution in [3.8, 4) is 22.3 Å².